The molecule has 1 aliphatic heterocycles. The second kappa shape index (κ2) is 15.6. The lowest BCUT2D eigenvalue weighted by atomic mass is 10.0. The Hall–Kier alpha value is -3.76. The molecule has 3 aromatic rings. The number of nitrogens with one attached hydrogen (secondary N) is 1. The molecule has 12 nitrogen and oxygen atoms in total. The van der Waals surface area contributed by atoms with Gasteiger partial charge in [-0.2, -0.15) is 18.2 Å². The number of amides is 1. The standard InChI is InChI=1S/C31H31Cl2F2N3O9S/c32-24-16-38(41)17-25(33)23(24)14-27(21-5-8-26(47-31(34)35)28(13-21)45-18-19-1-2-19)46-29(39)15-36-48(42,43)22-6-3-20(4-7-22)30(40)37-9-11-44-12-10-37/h3-8,13,16-17,19,27,31,36H,1-2,9-12,14-15,18H2/t27-/m0/s1. The number of ether oxygens (including phenoxy) is 4. The van der Waals surface area contributed by atoms with E-state index in [1.54, 1.807) is 4.90 Å². The highest BCUT2D eigenvalue weighted by atomic mass is 35.5. The molecular weight excluding hydrogens is 699 g/mol. The van der Waals surface area contributed by atoms with Gasteiger partial charge in [0, 0.05) is 30.6 Å². The number of alkyl halides is 2. The van der Waals surface area contributed by atoms with E-state index in [0.717, 1.165) is 25.2 Å². The molecule has 0 bridgehead atoms. The Kier molecular flexibility index (Phi) is 11.6. The molecule has 5 rings (SSSR count). The number of halogens is 4. The third-order valence-electron chi connectivity index (χ3n) is 7.56. The van der Waals surface area contributed by atoms with Gasteiger partial charge in [0.15, 0.2) is 23.9 Å². The third-order valence-corrected chi connectivity index (χ3v) is 9.63. The largest absolute Gasteiger partial charge is 0.619 e. The van der Waals surface area contributed by atoms with Crippen molar-refractivity contribution in [2.24, 2.45) is 5.92 Å². The van der Waals surface area contributed by atoms with Crippen LogP contribution in [0, 0.1) is 11.1 Å². The molecule has 17 heteroatoms. The molecule has 258 valence electrons. The number of hydrogen-bond donors (Lipinski definition) is 1. The van der Waals surface area contributed by atoms with Crippen molar-refractivity contribution in [3.05, 3.63) is 86.8 Å². The van der Waals surface area contributed by atoms with Gasteiger partial charge in [-0.3, -0.25) is 9.59 Å². The van der Waals surface area contributed by atoms with E-state index in [-0.39, 0.29) is 62.4 Å². The highest BCUT2D eigenvalue weighted by Gasteiger charge is 2.27. The fraction of sp³-hybridized carbons (Fsp3) is 0.387. The van der Waals surface area contributed by atoms with Crippen LogP contribution in [-0.2, 0) is 30.7 Å². The van der Waals surface area contributed by atoms with Crippen molar-refractivity contribution < 1.29 is 50.5 Å². The van der Waals surface area contributed by atoms with E-state index in [9.17, 15) is 32.0 Å². The van der Waals surface area contributed by atoms with Crippen molar-refractivity contribution in [2.75, 3.05) is 39.5 Å². The molecule has 1 atom stereocenters. The average Bonchev–Trinajstić information content (AvgIpc) is 3.89. The Labute approximate surface area is 285 Å². The number of hydrogen-bond acceptors (Lipinski definition) is 9. The molecular formula is C31H31Cl2F2N3O9S. The molecule has 0 radical (unpaired) electrons. The van der Waals surface area contributed by atoms with Crippen LogP contribution in [0.1, 0.15) is 40.4 Å². The first-order valence-corrected chi connectivity index (χ1v) is 17.1. The van der Waals surface area contributed by atoms with Gasteiger partial charge < -0.3 is 29.1 Å². The lowest BCUT2D eigenvalue weighted by Crippen LogP contribution is -2.40. The van der Waals surface area contributed by atoms with Crippen LogP contribution >= 0.6 is 23.2 Å². The Morgan fingerprint density at radius 2 is 1.71 bits per heavy atom. The second-order valence-electron chi connectivity index (χ2n) is 11.1. The summed E-state index contributed by atoms with van der Waals surface area (Å²) in [7, 11) is -4.22. The van der Waals surface area contributed by atoms with Gasteiger partial charge in [-0.25, -0.2) is 8.42 Å². The van der Waals surface area contributed by atoms with E-state index in [0.29, 0.717) is 36.6 Å². The highest BCUT2D eigenvalue weighted by molar-refractivity contribution is 7.89. The molecule has 2 heterocycles. The first-order valence-electron chi connectivity index (χ1n) is 14.8. The lowest BCUT2D eigenvalue weighted by Gasteiger charge is -2.26. The number of carbonyl (C=O) groups excluding carboxylic acids is 2. The maximum atomic E-state index is 13.1. The SMILES string of the molecule is O=C(CNS(=O)(=O)c1ccc(C(=O)N2CCOCC2)cc1)O[C@@H](Cc1c(Cl)c[n+]([O-])cc1Cl)c1ccc(OC(F)F)c(OCC2CC2)c1. The summed E-state index contributed by atoms with van der Waals surface area (Å²) in [6.45, 7) is -1.97. The molecule has 48 heavy (non-hydrogen) atoms. The van der Waals surface area contributed by atoms with Crippen LogP contribution in [0.3, 0.4) is 0 Å². The van der Waals surface area contributed by atoms with E-state index in [1.807, 2.05) is 0 Å². The number of carbonyl (C=O) groups is 2. The van der Waals surface area contributed by atoms with E-state index in [1.165, 1.54) is 42.5 Å². The van der Waals surface area contributed by atoms with E-state index in [4.69, 9.17) is 37.4 Å². The fourth-order valence-corrected chi connectivity index (χ4v) is 6.39. The van der Waals surface area contributed by atoms with E-state index < -0.39 is 35.3 Å². The first kappa shape index (κ1) is 35.5. The Morgan fingerprint density at radius 1 is 1.04 bits per heavy atom. The Morgan fingerprint density at radius 3 is 2.33 bits per heavy atom. The number of rotatable bonds is 14. The number of esters is 1. The topological polar surface area (TPSA) is 147 Å². The summed E-state index contributed by atoms with van der Waals surface area (Å²) in [5.41, 5.74) is 0.804. The molecule has 2 fully saturated rings. The maximum Gasteiger partial charge on any atom is 0.387 e. The molecule has 0 unspecified atom stereocenters. The molecule has 2 aliphatic rings. The summed E-state index contributed by atoms with van der Waals surface area (Å²) >= 11 is 12.6. The van der Waals surface area contributed by atoms with Crippen LogP contribution in [0.25, 0.3) is 0 Å². The van der Waals surface area contributed by atoms with Gasteiger partial charge in [-0.15, -0.1) is 0 Å². The predicted octanol–water partition coefficient (Wildman–Crippen LogP) is 4.29. The summed E-state index contributed by atoms with van der Waals surface area (Å²) in [5, 5.41) is 11.7. The minimum Gasteiger partial charge on any atom is -0.619 e. The molecule has 1 saturated carbocycles. The smallest absolute Gasteiger partial charge is 0.387 e. The van der Waals surface area contributed by atoms with Crippen LogP contribution in [-0.4, -0.2) is 71.3 Å². The average molecular weight is 731 g/mol. The van der Waals surface area contributed by atoms with Crippen molar-refractivity contribution in [3.63, 3.8) is 0 Å². The zero-order chi connectivity index (χ0) is 34.4. The number of sulfonamides is 1. The molecule has 1 amide bonds. The minimum absolute atomic E-state index is 0.0142. The van der Waals surface area contributed by atoms with Gasteiger partial charge in [0.1, 0.15) is 22.7 Å². The van der Waals surface area contributed by atoms with Crippen molar-refractivity contribution in [2.45, 2.75) is 36.9 Å². The molecule has 0 spiro atoms. The molecule has 2 aromatic carbocycles. The molecule has 1 aliphatic carbocycles. The lowest BCUT2D eigenvalue weighted by molar-refractivity contribution is -0.605. The summed E-state index contributed by atoms with van der Waals surface area (Å²) in [5.74, 6) is -1.23. The fourth-order valence-electron chi connectivity index (χ4n) is 4.83. The minimum atomic E-state index is -4.22. The van der Waals surface area contributed by atoms with Crippen LogP contribution < -0.4 is 18.9 Å². The molecule has 1 aromatic heterocycles. The van der Waals surface area contributed by atoms with Crippen molar-refractivity contribution in [1.82, 2.24) is 9.62 Å². The third kappa shape index (κ3) is 9.44. The summed E-state index contributed by atoms with van der Waals surface area (Å²) in [4.78, 5) is 27.2. The Balaban J connectivity index is 1.32. The van der Waals surface area contributed by atoms with Gasteiger partial charge in [0.25, 0.3) is 5.91 Å². The normalized spacial score (nSPS) is 15.6. The quantitative estimate of drug-likeness (QED) is 0.146. The predicted molar refractivity (Wildman–Crippen MR) is 168 cm³/mol. The van der Waals surface area contributed by atoms with Gasteiger partial charge >= 0.3 is 12.6 Å². The zero-order valence-corrected chi connectivity index (χ0v) is 27.6. The summed E-state index contributed by atoms with van der Waals surface area (Å²) in [6.07, 6.45) is 2.62. The highest BCUT2D eigenvalue weighted by Crippen LogP contribution is 2.37. The summed E-state index contributed by atoms with van der Waals surface area (Å²) in [6, 6.07) is 9.24. The van der Waals surface area contributed by atoms with Crippen LogP contribution in [0.4, 0.5) is 8.78 Å². The van der Waals surface area contributed by atoms with Crippen LogP contribution in [0.15, 0.2) is 59.8 Å². The number of pyridine rings is 1. The Bertz CT molecular complexity index is 1720. The van der Waals surface area contributed by atoms with Crippen molar-refractivity contribution in [1.29, 1.82) is 0 Å². The number of benzene rings is 2. The number of nitrogens with zero attached hydrogens (tertiary/aromatic N) is 2. The van der Waals surface area contributed by atoms with Gasteiger partial charge in [-0.05, 0) is 60.7 Å². The van der Waals surface area contributed by atoms with Gasteiger partial charge in [0.05, 0.1) is 24.7 Å². The van der Waals surface area contributed by atoms with Gasteiger partial charge in [-0.1, -0.05) is 29.3 Å². The number of aromatic nitrogens is 1. The second-order valence-corrected chi connectivity index (χ2v) is 13.6. The van der Waals surface area contributed by atoms with Crippen LogP contribution in [0.2, 0.25) is 10.0 Å². The van der Waals surface area contributed by atoms with E-state index >= 15 is 0 Å². The molecule has 1 saturated heterocycles. The van der Waals surface area contributed by atoms with Crippen LogP contribution in [0.5, 0.6) is 11.5 Å². The molecule has 1 N–H and O–H groups in total. The zero-order valence-electron chi connectivity index (χ0n) is 25.3. The van der Waals surface area contributed by atoms with E-state index in [2.05, 4.69) is 9.46 Å². The summed E-state index contributed by atoms with van der Waals surface area (Å²) < 4.78 is 76.1. The van der Waals surface area contributed by atoms with Crippen molar-refractivity contribution in [3.8, 4) is 11.5 Å². The van der Waals surface area contributed by atoms with Gasteiger partial charge in [0.2, 0.25) is 10.0 Å². The first-order chi connectivity index (χ1) is 22.9. The van der Waals surface area contributed by atoms with Crippen molar-refractivity contribution >= 4 is 45.1 Å². The monoisotopic (exact) mass is 729 g/mol. The number of morpholine rings is 1. The maximum absolute atomic E-state index is 13.1.